The average Bonchev–Trinajstić information content (AvgIpc) is 2.42. The minimum absolute atomic E-state index is 0.250. The minimum atomic E-state index is 0.250. The molecule has 2 unspecified atom stereocenters. The lowest BCUT2D eigenvalue weighted by atomic mass is 10.2. The molecule has 1 aromatic rings. The van der Waals surface area contributed by atoms with Gasteiger partial charge in [0.05, 0.1) is 30.6 Å². The Bertz CT molecular complexity index is 399. The molecule has 1 N–H and O–H groups in total. The maximum atomic E-state index is 5.65. The number of hydrogen-bond acceptors (Lipinski definition) is 5. The fourth-order valence-corrected chi connectivity index (χ4v) is 2.23. The minimum Gasteiger partial charge on any atom is -0.375 e. The Morgan fingerprint density at radius 2 is 2.26 bits per heavy atom. The van der Waals surface area contributed by atoms with Gasteiger partial charge in [-0.05, 0) is 26.8 Å². The lowest BCUT2D eigenvalue weighted by molar-refractivity contribution is 0.0340. The number of nitrogens with one attached hydrogen (secondary N) is 1. The van der Waals surface area contributed by atoms with Crippen LogP contribution in [-0.4, -0.2) is 41.8 Å². The molecule has 0 radical (unpaired) electrons. The fourth-order valence-electron chi connectivity index (χ4n) is 2.23. The van der Waals surface area contributed by atoms with Crippen LogP contribution in [0.5, 0.6) is 0 Å². The van der Waals surface area contributed by atoms with Crippen molar-refractivity contribution in [1.82, 2.24) is 15.3 Å². The van der Waals surface area contributed by atoms with Crippen LogP contribution in [-0.2, 0) is 11.3 Å². The summed E-state index contributed by atoms with van der Waals surface area (Å²) in [6, 6.07) is 0.351. The molecule has 2 atom stereocenters. The maximum absolute atomic E-state index is 5.65. The Hall–Kier alpha value is -1.20. The molecule has 0 bridgehead atoms. The first-order valence-corrected chi connectivity index (χ1v) is 7.10. The molecule has 1 aromatic heterocycles. The van der Waals surface area contributed by atoms with E-state index in [0.717, 1.165) is 44.2 Å². The fraction of sp³-hybridized carbons (Fsp3) is 0.714. The molecule has 0 spiro atoms. The van der Waals surface area contributed by atoms with E-state index in [1.807, 2.05) is 12.4 Å². The van der Waals surface area contributed by atoms with Gasteiger partial charge in [-0.25, -0.2) is 4.98 Å². The maximum Gasteiger partial charge on any atom is 0.147 e. The van der Waals surface area contributed by atoms with Crippen molar-refractivity contribution in [2.24, 2.45) is 0 Å². The second-order valence-corrected chi connectivity index (χ2v) is 5.19. The molecule has 106 valence electrons. The van der Waals surface area contributed by atoms with Crippen molar-refractivity contribution in [3.05, 3.63) is 18.1 Å². The van der Waals surface area contributed by atoms with Gasteiger partial charge in [0.15, 0.2) is 0 Å². The van der Waals surface area contributed by atoms with Gasteiger partial charge in [-0.3, -0.25) is 4.98 Å². The molecule has 1 saturated heterocycles. The standard InChI is InChI=1S/C14H24N4O/c1-4-5-15-6-13-7-16-8-14(17-13)18-9-12(3)19-10-11(18)2/h7-8,11-12,15H,4-6,9-10H2,1-3H3. The Kier molecular flexibility index (Phi) is 5.10. The predicted molar refractivity (Wildman–Crippen MR) is 76.3 cm³/mol. The highest BCUT2D eigenvalue weighted by molar-refractivity contribution is 5.38. The normalized spacial score (nSPS) is 23.6. The molecular weight excluding hydrogens is 240 g/mol. The van der Waals surface area contributed by atoms with Crippen LogP contribution in [0.2, 0.25) is 0 Å². The van der Waals surface area contributed by atoms with E-state index in [4.69, 9.17) is 9.72 Å². The number of aromatic nitrogens is 2. The molecule has 19 heavy (non-hydrogen) atoms. The van der Waals surface area contributed by atoms with Gasteiger partial charge in [-0.15, -0.1) is 0 Å². The zero-order valence-electron chi connectivity index (χ0n) is 12.1. The Morgan fingerprint density at radius 1 is 1.42 bits per heavy atom. The molecule has 0 aliphatic carbocycles. The zero-order valence-corrected chi connectivity index (χ0v) is 12.1. The first-order chi connectivity index (χ1) is 9.20. The third-order valence-corrected chi connectivity index (χ3v) is 3.31. The van der Waals surface area contributed by atoms with Gasteiger partial charge in [-0.1, -0.05) is 6.92 Å². The van der Waals surface area contributed by atoms with E-state index in [2.05, 4.69) is 36.0 Å². The van der Waals surface area contributed by atoms with Crippen molar-refractivity contribution >= 4 is 5.82 Å². The molecule has 1 aliphatic rings. The number of rotatable bonds is 5. The first-order valence-electron chi connectivity index (χ1n) is 7.10. The van der Waals surface area contributed by atoms with Gasteiger partial charge < -0.3 is 15.0 Å². The summed E-state index contributed by atoms with van der Waals surface area (Å²) in [6.07, 6.45) is 5.06. The molecule has 0 aromatic carbocycles. The highest BCUT2D eigenvalue weighted by Crippen LogP contribution is 2.19. The molecule has 1 fully saturated rings. The number of morpholine rings is 1. The lowest BCUT2D eigenvalue weighted by Gasteiger charge is -2.37. The van der Waals surface area contributed by atoms with Crippen LogP contribution in [0.1, 0.15) is 32.9 Å². The quantitative estimate of drug-likeness (QED) is 0.819. The highest BCUT2D eigenvalue weighted by atomic mass is 16.5. The van der Waals surface area contributed by atoms with Crippen LogP contribution < -0.4 is 10.2 Å². The van der Waals surface area contributed by atoms with E-state index < -0.39 is 0 Å². The van der Waals surface area contributed by atoms with Gasteiger partial charge in [-0.2, -0.15) is 0 Å². The Labute approximate surface area is 115 Å². The molecule has 0 amide bonds. The summed E-state index contributed by atoms with van der Waals surface area (Å²) in [5.41, 5.74) is 0.997. The SMILES string of the molecule is CCCNCc1cncc(N2CC(C)OCC2C)n1. The van der Waals surface area contributed by atoms with Crippen LogP contribution in [0, 0.1) is 0 Å². The van der Waals surface area contributed by atoms with Gasteiger partial charge in [0.25, 0.3) is 0 Å². The molecule has 5 heteroatoms. The second kappa shape index (κ2) is 6.82. The van der Waals surface area contributed by atoms with Crippen molar-refractivity contribution in [1.29, 1.82) is 0 Å². The molecule has 0 saturated carbocycles. The van der Waals surface area contributed by atoms with Crippen LogP contribution in [0.25, 0.3) is 0 Å². The number of nitrogens with zero attached hydrogens (tertiary/aromatic N) is 3. The summed E-state index contributed by atoms with van der Waals surface area (Å²) in [4.78, 5) is 11.3. The summed E-state index contributed by atoms with van der Waals surface area (Å²) in [5.74, 6) is 0.957. The second-order valence-electron chi connectivity index (χ2n) is 5.19. The van der Waals surface area contributed by atoms with E-state index in [1.54, 1.807) is 0 Å². The summed E-state index contributed by atoms with van der Waals surface area (Å²) >= 11 is 0. The van der Waals surface area contributed by atoms with Crippen LogP contribution in [0.15, 0.2) is 12.4 Å². The first kappa shape index (κ1) is 14.2. The average molecular weight is 264 g/mol. The van der Waals surface area contributed by atoms with E-state index in [-0.39, 0.29) is 6.10 Å². The molecule has 5 nitrogen and oxygen atoms in total. The number of anilines is 1. The summed E-state index contributed by atoms with van der Waals surface area (Å²) in [6.45, 7) is 9.84. The third kappa shape index (κ3) is 3.88. The predicted octanol–water partition coefficient (Wildman–Crippen LogP) is 1.59. The summed E-state index contributed by atoms with van der Waals surface area (Å²) < 4.78 is 5.65. The van der Waals surface area contributed by atoms with Crippen molar-refractivity contribution in [2.75, 3.05) is 24.6 Å². The highest BCUT2D eigenvalue weighted by Gasteiger charge is 2.24. The molecule has 2 rings (SSSR count). The van der Waals surface area contributed by atoms with Crippen molar-refractivity contribution < 1.29 is 4.74 Å². The van der Waals surface area contributed by atoms with Crippen LogP contribution in [0.4, 0.5) is 5.82 Å². The van der Waals surface area contributed by atoms with E-state index in [0.29, 0.717) is 6.04 Å². The Balaban J connectivity index is 2.04. The van der Waals surface area contributed by atoms with E-state index in [1.165, 1.54) is 0 Å². The van der Waals surface area contributed by atoms with Gasteiger partial charge in [0.2, 0.25) is 0 Å². The van der Waals surface area contributed by atoms with Gasteiger partial charge in [0, 0.05) is 19.3 Å². The third-order valence-electron chi connectivity index (χ3n) is 3.31. The molecule has 2 heterocycles. The smallest absolute Gasteiger partial charge is 0.147 e. The monoisotopic (exact) mass is 264 g/mol. The van der Waals surface area contributed by atoms with Gasteiger partial charge >= 0.3 is 0 Å². The van der Waals surface area contributed by atoms with Crippen LogP contribution in [0.3, 0.4) is 0 Å². The van der Waals surface area contributed by atoms with Gasteiger partial charge in [0.1, 0.15) is 5.82 Å². The van der Waals surface area contributed by atoms with Crippen molar-refractivity contribution in [3.63, 3.8) is 0 Å². The largest absolute Gasteiger partial charge is 0.375 e. The molecular formula is C14H24N4O. The topological polar surface area (TPSA) is 50.3 Å². The zero-order chi connectivity index (χ0) is 13.7. The summed E-state index contributed by atoms with van der Waals surface area (Å²) in [5, 5.41) is 3.36. The van der Waals surface area contributed by atoms with E-state index in [9.17, 15) is 0 Å². The molecule has 1 aliphatic heterocycles. The van der Waals surface area contributed by atoms with E-state index >= 15 is 0 Å². The Morgan fingerprint density at radius 3 is 3.05 bits per heavy atom. The van der Waals surface area contributed by atoms with Crippen LogP contribution >= 0.6 is 0 Å². The summed E-state index contributed by atoms with van der Waals surface area (Å²) in [7, 11) is 0. The van der Waals surface area contributed by atoms with Crippen molar-refractivity contribution in [3.8, 4) is 0 Å². The van der Waals surface area contributed by atoms with Crippen molar-refractivity contribution in [2.45, 2.75) is 45.9 Å². The number of ether oxygens (including phenoxy) is 1. The lowest BCUT2D eigenvalue weighted by Crippen LogP contribution is -2.47. The number of hydrogen-bond donors (Lipinski definition) is 1.